The van der Waals surface area contributed by atoms with Crippen molar-refractivity contribution in [1.82, 2.24) is 15.3 Å². The van der Waals surface area contributed by atoms with E-state index in [1.54, 1.807) is 6.26 Å². The molecule has 3 aromatic rings. The topological polar surface area (TPSA) is 53.9 Å². The molecule has 0 atom stereocenters. The first kappa shape index (κ1) is 12.9. The SMILES string of the molecule is CC(C)CNCc1cnc(-c2coc3ccccc23)[nH]1. The van der Waals surface area contributed by atoms with Crippen molar-refractivity contribution in [2.24, 2.45) is 5.92 Å². The molecule has 0 saturated carbocycles. The smallest absolute Gasteiger partial charge is 0.141 e. The van der Waals surface area contributed by atoms with Crippen LogP contribution in [0.2, 0.25) is 0 Å². The number of rotatable bonds is 5. The van der Waals surface area contributed by atoms with E-state index in [0.29, 0.717) is 5.92 Å². The predicted molar refractivity (Wildman–Crippen MR) is 80.3 cm³/mol. The lowest BCUT2D eigenvalue weighted by atomic mass is 10.2. The molecule has 0 spiro atoms. The van der Waals surface area contributed by atoms with Crippen LogP contribution in [-0.2, 0) is 6.54 Å². The quantitative estimate of drug-likeness (QED) is 0.744. The van der Waals surface area contributed by atoms with Crippen molar-refractivity contribution in [3.63, 3.8) is 0 Å². The van der Waals surface area contributed by atoms with Gasteiger partial charge in [-0.3, -0.25) is 0 Å². The van der Waals surface area contributed by atoms with Crippen molar-refractivity contribution in [1.29, 1.82) is 0 Å². The summed E-state index contributed by atoms with van der Waals surface area (Å²) in [7, 11) is 0. The summed E-state index contributed by atoms with van der Waals surface area (Å²) in [6.07, 6.45) is 3.64. The lowest BCUT2D eigenvalue weighted by Gasteiger charge is -2.05. The molecule has 4 heteroatoms. The molecule has 1 aromatic carbocycles. The van der Waals surface area contributed by atoms with E-state index in [-0.39, 0.29) is 0 Å². The summed E-state index contributed by atoms with van der Waals surface area (Å²) in [5.74, 6) is 1.51. The van der Waals surface area contributed by atoms with Crippen molar-refractivity contribution in [3.8, 4) is 11.4 Å². The van der Waals surface area contributed by atoms with Crippen LogP contribution in [0.5, 0.6) is 0 Å². The number of para-hydroxylation sites is 1. The van der Waals surface area contributed by atoms with Gasteiger partial charge in [0, 0.05) is 23.8 Å². The van der Waals surface area contributed by atoms with E-state index in [1.807, 2.05) is 30.5 Å². The zero-order valence-corrected chi connectivity index (χ0v) is 11.8. The van der Waals surface area contributed by atoms with Crippen molar-refractivity contribution in [2.75, 3.05) is 6.54 Å². The Morgan fingerprint density at radius 3 is 3.00 bits per heavy atom. The lowest BCUT2D eigenvalue weighted by Crippen LogP contribution is -2.19. The van der Waals surface area contributed by atoms with Gasteiger partial charge in [-0.25, -0.2) is 4.98 Å². The minimum absolute atomic E-state index is 0.648. The van der Waals surface area contributed by atoms with Crippen LogP contribution in [-0.4, -0.2) is 16.5 Å². The van der Waals surface area contributed by atoms with Crippen molar-refractivity contribution < 1.29 is 4.42 Å². The minimum atomic E-state index is 0.648. The second-order valence-electron chi connectivity index (χ2n) is 5.43. The van der Waals surface area contributed by atoms with Crippen LogP contribution in [0.4, 0.5) is 0 Å². The molecule has 0 aliphatic rings. The number of H-pyrrole nitrogens is 1. The van der Waals surface area contributed by atoms with Gasteiger partial charge in [0.2, 0.25) is 0 Å². The third-order valence-corrected chi connectivity index (χ3v) is 3.23. The molecule has 0 fully saturated rings. The van der Waals surface area contributed by atoms with E-state index < -0.39 is 0 Å². The molecule has 0 aliphatic heterocycles. The average molecular weight is 269 g/mol. The highest BCUT2D eigenvalue weighted by Gasteiger charge is 2.10. The summed E-state index contributed by atoms with van der Waals surface area (Å²) in [5, 5.41) is 4.49. The molecule has 2 N–H and O–H groups in total. The molecule has 2 aromatic heterocycles. The fourth-order valence-electron chi connectivity index (χ4n) is 2.24. The molecule has 0 bridgehead atoms. The van der Waals surface area contributed by atoms with Crippen LogP contribution in [0.3, 0.4) is 0 Å². The average Bonchev–Trinajstić information content (AvgIpc) is 3.04. The fourth-order valence-corrected chi connectivity index (χ4v) is 2.24. The van der Waals surface area contributed by atoms with Crippen LogP contribution in [0, 0.1) is 5.92 Å². The Hall–Kier alpha value is -2.07. The molecule has 0 unspecified atom stereocenters. The third kappa shape index (κ3) is 2.60. The number of furan rings is 1. The van der Waals surface area contributed by atoms with E-state index in [4.69, 9.17) is 4.42 Å². The molecule has 104 valence electrons. The van der Waals surface area contributed by atoms with Crippen LogP contribution in [0.15, 0.2) is 41.1 Å². The van der Waals surface area contributed by atoms with E-state index in [9.17, 15) is 0 Å². The number of aromatic nitrogens is 2. The van der Waals surface area contributed by atoms with Gasteiger partial charge in [-0.2, -0.15) is 0 Å². The summed E-state index contributed by atoms with van der Waals surface area (Å²) < 4.78 is 5.55. The van der Waals surface area contributed by atoms with E-state index in [0.717, 1.165) is 41.1 Å². The highest BCUT2D eigenvalue weighted by molar-refractivity contribution is 5.91. The predicted octanol–water partition coefficient (Wildman–Crippen LogP) is 3.57. The van der Waals surface area contributed by atoms with Crippen molar-refractivity contribution in [2.45, 2.75) is 20.4 Å². The molecule has 0 radical (unpaired) electrons. The Balaban J connectivity index is 1.79. The number of aromatic amines is 1. The third-order valence-electron chi connectivity index (χ3n) is 3.23. The highest BCUT2D eigenvalue weighted by atomic mass is 16.3. The number of nitrogens with one attached hydrogen (secondary N) is 2. The molecule has 4 nitrogen and oxygen atoms in total. The normalized spacial score (nSPS) is 11.6. The molecular formula is C16H19N3O. The van der Waals surface area contributed by atoms with Gasteiger partial charge in [0.05, 0.1) is 5.56 Å². The molecule has 2 heterocycles. The standard InChI is InChI=1S/C16H19N3O/c1-11(2)7-17-8-12-9-18-16(19-12)14-10-20-15-6-4-3-5-13(14)15/h3-6,9-11,17H,7-8H2,1-2H3,(H,18,19). The number of benzene rings is 1. The minimum Gasteiger partial charge on any atom is -0.464 e. The van der Waals surface area contributed by atoms with Gasteiger partial charge in [0.1, 0.15) is 17.7 Å². The number of hydrogen-bond acceptors (Lipinski definition) is 3. The van der Waals surface area contributed by atoms with Gasteiger partial charge in [-0.15, -0.1) is 0 Å². The summed E-state index contributed by atoms with van der Waals surface area (Å²) in [5.41, 5.74) is 2.99. The Bertz CT molecular complexity index is 696. The van der Waals surface area contributed by atoms with Crippen LogP contribution < -0.4 is 5.32 Å². The maximum absolute atomic E-state index is 5.55. The molecule has 3 rings (SSSR count). The van der Waals surface area contributed by atoms with Crippen LogP contribution in [0.1, 0.15) is 19.5 Å². The Morgan fingerprint density at radius 1 is 1.30 bits per heavy atom. The monoisotopic (exact) mass is 269 g/mol. The first-order valence-corrected chi connectivity index (χ1v) is 6.95. The van der Waals surface area contributed by atoms with Gasteiger partial charge < -0.3 is 14.7 Å². The fraction of sp³-hybridized carbons (Fsp3) is 0.312. The number of fused-ring (bicyclic) bond motifs is 1. The zero-order valence-electron chi connectivity index (χ0n) is 11.8. The van der Waals surface area contributed by atoms with E-state index >= 15 is 0 Å². The number of nitrogens with zero attached hydrogens (tertiary/aromatic N) is 1. The van der Waals surface area contributed by atoms with Gasteiger partial charge in [0.25, 0.3) is 0 Å². The summed E-state index contributed by atoms with van der Waals surface area (Å²) in [4.78, 5) is 7.80. The van der Waals surface area contributed by atoms with E-state index in [2.05, 4.69) is 29.1 Å². The Labute approximate surface area is 118 Å². The van der Waals surface area contributed by atoms with Gasteiger partial charge >= 0.3 is 0 Å². The molecular weight excluding hydrogens is 250 g/mol. The number of hydrogen-bond donors (Lipinski definition) is 2. The van der Waals surface area contributed by atoms with Crippen molar-refractivity contribution >= 4 is 11.0 Å². The van der Waals surface area contributed by atoms with Crippen LogP contribution in [0.25, 0.3) is 22.4 Å². The molecule has 0 aliphatic carbocycles. The van der Waals surface area contributed by atoms with Gasteiger partial charge in [-0.05, 0) is 18.5 Å². The highest BCUT2D eigenvalue weighted by Crippen LogP contribution is 2.28. The second-order valence-corrected chi connectivity index (χ2v) is 5.43. The Kier molecular flexibility index (Phi) is 3.56. The van der Waals surface area contributed by atoms with Crippen molar-refractivity contribution in [3.05, 3.63) is 42.4 Å². The largest absolute Gasteiger partial charge is 0.464 e. The second kappa shape index (κ2) is 5.51. The first-order chi connectivity index (χ1) is 9.74. The molecule has 0 saturated heterocycles. The summed E-state index contributed by atoms with van der Waals surface area (Å²) in [6, 6.07) is 7.99. The van der Waals surface area contributed by atoms with Crippen LogP contribution >= 0.6 is 0 Å². The summed E-state index contributed by atoms with van der Waals surface area (Å²) >= 11 is 0. The lowest BCUT2D eigenvalue weighted by molar-refractivity contribution is 0.549. The van der Waals surface area contributed by atoms with Gasteiger partial charge in [0.15, 0.2) is 0 Å². The summed E-state index contributed by atoms with van der Waals surface area (Å²) in [6.45, 7) is 6.20. The van der Waals surface area contributed by atoms with Gasteiger partial charge in [-0.1, -0.05) is 32.0 Å². The molecule has 20 heavy (non-hydrogen) atoms. The maximum atomic E-state index is 5.55. The maximum Gasteiger partial charge on any atom is 0.141 e. The first-order valence-electron chi connectivity index (χ1n) is 6.95. The molecule has 0 amide bonds. The Morgan fingerprint density at radius 2 is 2.15 bits per heavy atom. The van der Waals surface area contributed by atoms with E-state index in [1.165, 1.54) is 0 Å². The number of imidazole rings is 1. The zero-order chi connectivity index (χ0) is 13.9.